The van der Waals surface area contributed by atoms with E-state index in [1.807, 2.05) is 0 Å². The summed E-state index contributed by atoms with van der Waals surface area (Å²) < 4.78 is 6.36. The van der Waals surface area contributed by atoms with Crippen LogP contribution in [0.3, 0.4) is 0 Å². The number of ether oxygens (including phenoxy) is 1. The predicted molar refractivity (Wildman–Crippen MR) is 170 cm³/mol. The molecule has 0 radical (unpaired) electrons. The van der Waals surface area contributed by atoms with Gasteiger partial charge < -0.3 is 14.5 Å². The minimum atomic E-state index is -0.143. The van der Waals surface area contributed by atoms with Crippen LogP contribution in [-0.4, -0.2) is 11.6 Å². The third-order valence-corrected chi connectivity index (χ3v) is 7.92. The van der Waals surface area contributed by atoms with Crippen molar-refractivity contribution in [3.8, 4) is 0 Å². The Morgan fingerprint density at radius 1 is 0.800 bits per heavy atom. The average Bonchev–Trinajstić information content (AvgIpc) is 2.97. The summed E-state index contributed by atoms with van der Waals surface area (Å²) in [7, 11) is 0. The first-order valence-corrected chi connectivity index (χ1v) is 15.0. The number of anilines is 2. The first-order chi connectivity index (χ1) is 19.4. The summed E-state index contributed by atoms with van der Waals surface area (Å²) in [5.74, 6) is 1.58. The second kappa shape index (κ2) is 12.6. The number of nitrogens with zero attached hydrogens (tertiary/aromatic N) is 2. The number of rotatable bonds is 10. The van der Waals surface area contributed by atoms with Gasteiger partial charge in [-0.1, -0.05) is 74.9 Å². The van der Waals surface area contributed by atoms with Crippen LogP contribution in [0.1, 0.15) is 66.2 Å². The molecule has 0 saturated heterocycles. The molecule has 3 heteroatoms. The Kier molecular flexibility index (Phi) is 8.79. The van der Waals surface area contributed by atoms with Crippen molar-refractivity contribution >= 4 is 11.4 Å². The molecule has 0 heterocycles. The highest BCUT2D eigenvalue weighted by Crippen LogP contribution is 2.36. The highest BCUT2D eigenvalue weighted by molar-refractivity contribution is 5.63. The molecule has 0 fully saturated rings. The van der Waals surface area contributed by atoms with Gasteiger partial charge in [-0.25, -0.2) is 0 Å². The second-order valence-corrected chi connectivity index (χ2v) is 11.8. The van der Waals surface area contributed by atoms with Gasteiger partial charge >= 0.3 is 0 Å². The van der Waals surface area contributed by atoms with Crippen molar-refractivity contribution in [1.29, 1.82) is 0 Å². The Hall–Kier alpha value is -3.72. The number of hydrogen-bond donors (Lipinski definition) is 0. The zero-order valence-electron chi connectivity index (χ0n) is 24.6. The van der Waals surface area contributed by atoms with Crippen molar-refractivity contribution in [3.63, 3.8) is 0 Å². The summed E-state index contributed by atoms with van der Waals surface area (Å²) in [6.07, 6.45) is 24.6. The summed E-state index contributed by atoms with van der Waals surface area (Å²) in [5.41, 5.74) is 6.26. The van der Waals surface area contributed by atoms with E-state index in [0.717, 1.165) is 44.3 Å². The Bertz CT molecular complexity index is 1330. The number of allylic oxidation sites excluding steroid dienone is 8. The van der Waals surface area contributed by atoms with Gasteiger partial charge in [0.1, 0.15) is 11.4 Å². The fourth-order valence-electron chi connectivity index (χ4n) is 5.93. The zero-order chi connectivity index (χ0) is 28.0. The van der Waals surface area contributed by atoms with E-state index in [4.69, 9.17) is 4.74 Å². The van der Waals surface area contributed by atoms with Crippen LogP contribution in [0.5, 0.6) is 0 Å². The van der Waals surface area contributed by atoms with E-state index in [9.17, 15) is 0 Å². The van der Waals surface area contributed by atoms with Crippen LogP contribution >= 0.6 is 0 Å². The van der Waals surface area contributed by atoms with Gasteiger partial charge in [0, 0.05) is 28.5 Å². The Labute approximate surface area is 241 Å². The Morgan fingerprint density at radius 3 is 2.05 bits per heavy atom. The summed E-state index contributed by atoms with van der Waals surface area (Å²) in [4.78, 5) is 4.95. The lowest BCUT2D eigenvalue weighted by Gasteiger charge is -2.38. The van der Waals surface area contributed by atoms with Gasteiger partial charge in [0.2, 0.25) is 0 Å². The van der Waals surface area contributed by atoms with Crippen LogP contribution in [0.2, 0.25) is 0 Å². The molecule has 5 rings (SSSR count). The maximum absolute atomic E-state index is 6.36. The van der Waals surface area contributed by atoms with E-state index in [-0.39, 0.29) is 11.6 Å². The molecule has 0 aliphatic heterocycles. The minimum Gasteiger partial charge on any atom is -0.488 e. The molecule has 0 amide bonds. The van der Waals surface area contributed by atoms with Crippen molar-refractivity contribution < 1.29 is 4.74 Å². The summed E-state index contributed by atoms with van der Waals surface area (Å²) in [5, 5.41) is 0. The van der Waals surface area contributed by atoms with Gasteiger partial charge in [-0.05, 0) is 107 Å². The average molecular weight is 533 g/mol. The molecule has 0 bridgehead atoms. The molecule has 0 aromatic heterocycles. The van der Waals surface area contributed by atoms with Crippen LogP contribution in [0.25, 0.3) is 0 Å². The monoisotopic (exact) mass is 532 g/mol. The molecule has 2 atom stereocenters. The molecule has 208 valence electrons. The topological polar surface area (TPSA) is 15.7 Å². The van der Waals surface area contributed by atoms with Crippen molar-refractivity contribution in [2.24, 2.45) is 5.92 Å². The maximum Gasteiger partial charge on any atom is 0.115 e. The zero-order valence-corrected chi connectivity index (χ0v) is 24.6. The third kappa shape index (κ3) is 6.70. The fraction of sp³-hybridized carbons (Fsp3) is 0.351. The molecule has 3 nitrogen and oxygen atoms in total. The molecule has 2 aromatic carbocycles. The van der Waals surface area contributed by atoms with Gasteiger partial charge in [-0.15, -0.1) is 0 Å². The summed E-state index contributed by atoms with van der Waals surface area (Å²) in [6.45, 7) is 8.86. The standard InChI is InChI=1S/C37H44N2O/c1-5-28-37(3,4)40-36-26-24-35(25-27-36)39(31-14-10-7-11-15-31)34-22-20-33(21-23-34)38(30-12-8-6-9-13-30)32-18-16-29(2)17-19-32/h6-16,18-20,22,24,26-27,29,35H,5,17,21,23,25,28H2,1-4H3/t29-,35?/m1/s1. The fourth-order valence-corrected chi connectivity index (χ4v) is 5.93. The summed E-state index contributed by atoms with van der Waals surface area (Å²) >= 11 is 0. The van der Waals surface area contributed by atoms with Gasteiger partial charge in [0.15, 0.2) is 0 Å². The van der Waals surface area contributed by atoms with Crippen molar-refractivity contribution in [2.75, 3.05) is 9.80 Å². The molecular weight excluding hydrogens is 488 g/mol. The van der Waals surface area contributed by atoms with E-state index >= 15 is 0 Å². The van der Waals surface area contributed by atoms with Crippen LogP contribution in [0.4, 0.5) is 11.4 Å². The first-order valence-electron chi connectivity index (χ1n) is 15.0. The number of hydrogen-bond acceptors (Lipinski definition) is 3. The van der Waals surface area contributed by atoms with Gasteiger partial charge in [-0.2, -0.15) is 0 Å². The van der Waals surface area contributed by atoms with Gasteiger partial charge in [0.25, 0.3) is 0 Å². The molecule has 40 heavy (non-hydrogen) atoms. The lowest BCUT2D eigenvalue weighted by Crippen LogP contribution is -2.35. The molecule has 3 aliphatic rings. The van der Waals surface area contributed by atoms with Crippen molar-refractivity contribution in [1.82, 2.24) is 0 Å². The smallest absolute Gasteiger partial charge is 0.115 e. The molecule has 2 aromatic rings. The first kappa shape index (κ1) is 27.8. The van der Waals surface area contributed by atoms with E-state index in [0.29, 0.717) is 5.92 Å². The quantitative estimate of drug-likeness (QED) is 0.303. The molecule has 1 unspecified atom stereocenters. The maximum atomic E-state index is 6.36. The lowest BCUT2D eigenvalue weighted by atomic mass is 9.97. The highest BCUT2D eigenvalue weighted by Gasteiger charge is 2.27. The molecule has 0 spiro atoms. The molecule has 3 aliphatic carbocycles. The summed E-state index contributed by atoms with van der Waals surface area (Å²) in [6, 6.07) is 21.8. The van der Waals surface area contributed by atoms with Crippen LogP contribution < -0.4 is 9.80 Å². The Morgan fingerprint density at radius 2 is 1.48 bits per heavy atom. The van der Waals surface area contributed by atoms with Crippen LogP contribution in [-0.2, 0) is 4.74 Å². The van der Waals surface area contributed by atoms with Crippen LogP contribution in [0, 0.1) is 5.92 Å². The lowest BCUT2D eigenvalue weighted by molar-refractivity contribution is 0.0326. The third-order valence-electron chi connectivity index (χ3n) is 7.92. The highest BCUT2D eigenvalue weighted by atomic mass is 16.5. The molecule has 0 N–H and O–H groups in total. The largest absolute Gasteiger partial charge is 0.488 e. The van der Waals surface area contributed by atoms with Crippen molar-refractivity contribution in [3.05, 3.63) is 132 Å². The van der Waals surface area contributed by atoms with E-state index < -0.39 is 0 Å². The van der Waals surface area contributed by atoms with Gasteiger partial charge in [-0.3, -0.25) is 0 Å². The minimum absolute atomic E-state index is 0.143. The van der Waals surface area contributed by atoms with E-state index in [1.165, 1.54) is 28.5 Å². The molecular formula is C37H44N2O. The predicted octanol–water partition coefficient (Wildman–Crippen LogP) is 9.85. The number of benzene rings is 2. The normalized spacial score (nSPS) is 20.7. The molecule has 0 saturated carbocycles. The Balaban J connectivity index is 1.42. The van der Waals surface area contributed by atoms with E-state index in [2.05, 4.69) is 147 Å². The van der Waals surface area contributed by atoms with Gasteiger partial charge in [0.05, 0.1) is 6.04 Å². The SMILES string of the molecule is CCCC(C)(C)OC1=CCC(N(C2=CC=C(N(C3=CC[C@H](C)C=C3)c3ccccc3)CC2)c2ccccc2)C=C1. The van der Waals surface area contributed by atoms with Crippen LogP contribution in [0.15, 0.2) is 132 Å². The second-order valence-electron chi connectivity index (χ2n) is 11.8. The van der Waals surface area contributed by atoms with Crippen molar-refractivity contribution in [2.45, 2.75) is 77.9 Å². The number of para-hydroxylation sites is 2. The van der Waals surface area contributed by atoms with E-state index in [1.54, 1.807) is 0 Å².